The number of aromatic nitrogens is 3. The van der Waals surface area contributed by atoms with Gasteiger partial charge in [0.2, 0.25) is 5.95 Å². The Morgan fingerprint density at radius 1 is 0.364 bits per heavy atom. The topological polar surface area (TPSA) is 41.9 Å². The molecule has 0 fully saturated rings. The summed E-state index contributed by atoms with van der Waals surface area (Å²) in [5.74, 6) is 1.90. The van der Waals surface area contributed by atoms with E-state index in [1.54, 1.807) is 0 Å². The number of para-hydroxylation sites is 1. The molecule has 55 heavy (non-hydrogen) atoms. The van der Waals surface area contributed by atoms with Crippen LogP contribution in [0, 0.1) is 0 Å². The van der Waals surface area contributed by atoms with E-state index < -0.39 is 0 Å². The fraction of sp³-hybridized carbons (Fsp3) is 0.118. The van der Waals surface area contributed by atoms with Crippen LogP contribution in [0.1, 0.15) is 49.9 Å². The molecule has 1 aromatic heterocycles. The first-order valence-corrected chi connectivity index (χ1v) is 19.1. The van der Waals surface area contributed by atoms with Gasteiger partial charge in [-0.05, 0) is 96.0 Å². The number of rotatable bonds is 3. The van der Waals surface area contributed by atoms with Gasteiger partial charge in [-0.2, -0.15) is 9.97 Å². The number of hydrogen-bond acceptors (Lipinski definition) is 4. The molecule has 9 aromatic rings. The third kappa shape index (κ3) is 4.55. The normalized spacial score (nSPS) is 14.8. The van der Waals surface area contributed by atoms with Crippen LogP contribution in [0.15, 0.2) is 158 Å². The fourth-order valence-electron chi connectivity index (χ4n) is 9.43. The lowest BCUT2D eigenvalue weighted by Crippen LogP contribution is -2.32. The van der Waals surface area contributed by atoms with E-state index in [0.29, 0.717) is 17.6 Å². The van der Waals surface area contributed by atoms with Crippen LogP contribution in [-0.4, -0.2) is 15.0 Å². The molecule has 1 aliphatic carbocycles. The van der Waals surface area contributed by atoms with Gasteiger partial charge in [-0.15, -0.1) is 0 Å². The molecule has 0 spiro atoms. The minimum atomic E-state index is -0.290. The Bertz CT molecular complexity index is 2980. The van der Waals surface area contributed by atoms with Crippen molar-refractivity contribution in [3.05, 3.63) is 180 Å². The van der Waals surface area contributed by atoms with Gasteiger partial charge in [0, 0.05) is 22.0 Å². The molecule has 0 atom stereocenters. The van der Waals surface area contributed by atoms with Crippen LogP contribution in [0.3, 0.4) is 0 Å². The third-order valence-corrected chi connectivity index (χ3v) is 12.3. The highest BCUT2D eigenvalue weighted by atomic mass is 15.3. The predicted molar refractivity (Wildman–Crippen MR) is 228 cm³/mol. The Hall–Kier alpha value is -6.65. The highest BCUT2D eigenvalue weighted by Gasteiger charge is 2.43. The molecule has 4 heteroatoms. The quantitative estimate of drug-likeness (QED) is 0.172. The van der Waals surface area contributed by atoms with Crippen molar-refractivity contribution in [2.24, 2.45) is 0 Å². The second-order valence-corrected chi connectivity index (χ2v) is 16.1. The summed E-state index contributed by atoms with van der Waals surface area (Å²) >= 11 is 0. The first kappa shape index (κ1) is 31.8. The monoisotopic (exact) mass is 706 g/mol. The van der Waals surface area contributed by atoms with Gasteiger partial charge in [-0.25, -0.2) is 4.98 Å². The maximum Gasteiger partial charge on any atom is 0.238 e. The second-order valence-electron chi connectivity index (χ2n) is 16.1. The first-order valence-electron chi connectivity index (χ1n) is 19.1. The number of hydrogen-bond donors (Lipinski definition) is 0. The molecule has 262 valence electrons. The summed E-state index contributed by atoms with van der Waals surface area (Å²) in [7, 11) is 0. The minimum Gasteiger partial charge on any atom is -0.278 e. The van der Waals surface area contributed by atoms with E-state index in [1.807, 2.05) is 36.4 Å². The van der Waals surface area contributed by atoms with Gasteiger partial charge in [0.1, 0.15) is 0 Å². The molecule has 0 bridgehead atoms. The Kier molecular flexibility index (Phi) is 6.61. The average molecular weight is 707 g/mol. The molecule has 0 N–H and O–H groups in total. The fourth-order valence-corrected chi connectivity index (χ4v) is 9.43. The molecular weight excluding hydrogens is 669 g/mol. The molecule has 4 nitrogen and oxygen atoms in total. The lowest BCUT2D eigenvalue weighted by atomic mass is 9.72. The highest BCUT2D eigenvalue weighted by Crippen LogP contribution is 2.58. The van der Waals surface area contributed by atoms with Gasteiger partial charge >= 0.3 is 0 Å². The molecular formula is C51H38N4. The molecule has 0 saturated carbocycles. The van der Waals surface area contributed by atoms with E-state index in [9.17, 15) is 0 Å². The molecule has 11 rings (SSSR count). The largest absolute Gasteiger partial charge is 0.278 e. The van der Waals surface area contributed by atoms with E-state index in [1.165, 1.54) is 65.7 Å². The molecule has 0 unspecified atom stereocenters. The SMILES string of the molecule is CC1(C)c2cc3c(cc2-c2cc4c5ccccc5c5ccccc5c4cc21)C(C)(C)c1ccccc1N3c1nc(-c2ccccc2)nc(-c2ccccc2)n1. The zero-order valence-corrected chi connectivity index (χ0v) is 31.3. The van der Waals surface area contributed by atoms with Crippen molar-refractivity contribution in [1.29, 1.82) is 0 Å². The molecule has 8 aromatic carbocycles. The maximum absolute atomic E-state index is 5.27. The van der Waals surface area contributed by atoms with E-state index in [4.69, 9.17) is 15.0 Å². The van der Waals surface area contributed by atoms with E-state index in [-0.39, 0.29) is 10.8 Å². The lowest BCUT2D eigenvalue weighted by molar-refractivity contribution is 0.626. The van der Waals surface area contributed by atoms with Crippen LogP contribution < -0.4 is 4.90 Å². The smallest absolute Gasteiger partial charge is 0.238 e. The zero-order chi connectivity index (χ0) is 37.1. The van der Waals surface area contributed by atoms with Crippen molar-refractivity contribution < 1.29 is 0 Å². The molecule has 0 amide bonds. The average Bonchev–Trinajstić information content (AvgIpc) is 3.44. The van der Waals surface area contributed by atoms with Crippen molar-refractivity contribution in [2.75, 3.05) is 4.90 Å². The second kappa shape index (κ2) is 11.4. The van der Waals surface area contributed by atoms with Crippen LogP contribution in [0.25, 0.3) is 66.2 Å². The summed E-state index contributed by atoms with van der Waals surface area (Å²) < 4.78 is 0. The van der Waals surface area contributed by atoms with Gasteiger partial charge in [0.25, 0.3) is 0 Å². The highest BCUT2D eigenvalue weighted by molar-refractivity contribution is 6.26. The standard InChI is InChI=1S/C51H38N4/c1-50(2)41-25-15-16-26-45(41)55(49-53-47(31-17-7-5-8-18-31)52-48(54-49)32-19-9-6-10-20-32)46-30-43-40(29-44(46)50)39-27-37-35-23-13-11-21-33(35)34-22-12-14-24-36(34)38(37)28-42(39)51(43,3)4/h5-30H,1-4H3. The number of nitrogens with zero attached hydrogens (tertiary/aromatic N) is 4. The molecule has 0 saturated heterocycles. The minimum absolute atomic E-state index is 0.253. The number of anilines is 3. The van der Waals surface area contributed by atoms with E-state index in [2.05, 4.69) is 154 Å². The van der Waals surface area contributed by atoms with Crippen LogP contribution >= 0.6 is 0 Å². The lowest BCUT2D eigenvalue weighted by Gasteiger charge is -2.41. The molecule has 2 aliphatic rings. The predicted octanol–water partition coefficient (Wildman–Crippen LogP) is 13.1. The van der Waals surface area contributed by atoms with Crippen molar-refractivity contribution in [2.45, 2.75) is 38.5 Å². The van der Waals surface area contributed by atoms with Crippen molar-refractivity contribution in [3.63, 3.8) is 0 Å². The van der Waals surface area contributed by atoms with Gasteiger partial charge in [0.15, 0.2) is 11.6 Å². The van der Waals surface area contributed by atoms with E-state index in [0.717, 1.165) is 22.5 Å². The number of benzene rings is 8. The van der Waals surface area contributed by atoms with Crippen LogP contribution in [0.5, 0.6) is 0 Å². The van der Waals surface area contributed by atoms with Crippen molar-refractivity contribution >= 4 is 49.6 Å². The maximum atomic E-state index is 5.27. The Morgan fingerprint density at radius 2 is 0.818 bits per heavy atom. The summed E-state index contributed by atoms with van der Waals surface area (Å²) in [5.41, 5.74) is 11.3. The Labute approximate surface area is 320 Å². The van der Waals surface area contributed by atoms with E-state index >= 15 is 0 Å². The van der Waals surface area contributed by atoms with Crippen LogP contribution in [0.4, 0.5) is 17.3 Å². The van der Waals surface area contributed by atoms with Gasteiger partial charge < -0.3 is 0 Å². The van der Waals surface area contributed by atoms with Gasteiger partial charge in [-0.3, -0.25) is 4.90 Å². The Morgan fingerprint density at radius 3 is 1.42 bits per heavy atom. The summed E-state index contributed by atoms with van der Waals surface area (Å²) in [4.78, 5) is 17.9. The Balaban J connectivity index is 1.19. The number of fused-ring (bicyclic) bond motifs is 11. The zero-order valence-electron chi connectivity index (χ0n) is 31.3. The van der Waals surface area contributed by atoms with Gasteiger partial charge in [0.05, 0.1) is 11.4 Å². The summed E-state index contributed by atoms with van der Waals surface area (Å²) in [5, 5.41) is 7.79. The third-order valence-electron chi connectivity index (χ3n) is 12.3. The first-order chi connectivity index (χ1) is 26.8. The summed E-state index contributed by atoms with van der Waals surface area (Å²) in [6.45, 7) is 9.48. The summed E-state index contributed by atoms with van der Waals surface area (Å²) in [6.07, 6.45) is 0. The summed E-state index contributed by atoms with van der Waals surface area (Å²) in [6, 6.07) is 56.8. The van der Waals surface area contributed by atoms with Crippen LogP contribution in [0.2, 0.25) is 0 Å². The van der Waals surface area contributed by atoms with Crippen LogP contribution in [-0.2, 0) is 10.8 Å². The molecule has 2 heterocycles. The molecule has 0 radical (unpaired) electrons. The van der Waals surface area contributed by atoms with Crippen molar-refractivity contribution in [3.8, 4) is 33.9 Å². The van der Waals surface area contributed by atoms with Crippen molar-refractivity contribution in [1.82, 2.24) is 15.0 Å². The molecule has 1 aliphatic heterocycles. The van der Waals surface area contributed by atoms with Gasteiger partial charge in [-0.1, -0.05) is 155 Å².